The average molecular weight is 971 g/mol. The quantitative estimate of drug-likeness (QED) is 0.0699. The molecule has 0 saturated heterocycles. The monoisotopic (exact) mass is 970 g/mol. The summed E-state index contributed by atoms with van der Waals surface area (Å²) in [6.45, 7) is -1.62. The molecule has 0 spiro atoms. The molecule has 4 aromatic carbocycles. The largest absolute Gasteiger partial charge is 0.504 e. The normalized spacial score (nSPS) is 23.2. The topological polar surface area (TPSA) is 489 Å². The van der Waals surface area contributed by atoms with Gasteiger partial charge < -0.3 is 105 Å². The molecule has 5 heterocycles. The molecule has 0 aliphatic carbocycles. The lowest BCUT2D eigenvalue weighted by Crippen LogP contribution is -2.56. The van der Waals surface area contributed by atoms with Crippen LogP contribution in [0.2, 0.25) is 0 Å². The van der Waals surface area contributed by atoms with Gasteiger partial charge in [0.05, 0.1) is 34.6 Å². The Labute approximate surface area is 378 Å². The van der Waals surface area contributed by atoms with Crippen LogP contribution < -0.4 is 0 Å². The minimum atomic E-state index is -3.22. The number of ether oxygens (including phenoxy) is 5. The molecule has 5 aliphatic rings. The van der Waals surface area contributed by atoms with Crippen LogP contribution in [0.3, 0.4) is 0 Å². The average Bonchev–Trinajstić information content (AvgIpc) is 3.31. The lowest BCUT2D eigenvalue weighted by molar-refractivity contribution is -0.184. The first-order valence-corrected chi connectivity index (χ1v) is 19.3. The van der Waals surface area contributed by atoms with Crippen molar-refractivity contribution in [1.29, 1.82) is 0 Å². The zero-order chi connectivity index (χ0) is 50.7. The SMILES string of the molecule is O=C(O)CC1C(=O)OC2COC(=O)c3cc(O)c(O)c(O)c3-c3c(cc(O)c(O)c3O)C(=O)OC2C2OC(=O)c3c(c(O)c(O)c(O)c3C1C(O)C(=O)O)-c1c(O)c(O)c(O)c3c1C(=O)OC2C3O. The van der Waals surface area contributed by atoms with Gasteiger partial charge in [-0.2, -0.15) is 0 Å². The van der Waals surface area contributed by atoms with E-state index in [2.05, 4.69) is 0 Å². The second-order valence-corrected chi connectivity index (χ2v) is 15.6. The molecule has 4 aromatic rings. The van der Waals surface area contributed by atoms with Gasteiger partial charge in [-0.1, -0.05) is 0 Å². The predicted molar refractivity (Wildman–Crippen MR) is 209 cm³/mol. The molecular formula is C41H30O28. The van der Waals surface area contributed by atoms with Crippen LogP contribution in [0.25, 0.3) is 22.3 Å². The summed E-state index contributed by atoms with van der Waals surface area (Å²) in [5, 5.41) is 176. The van der Waals surface area contributed by atoms with E-state index in [0.717, 1.165) is 0 Å². The minimum absolute atomic E-state index is 0.288. The molecule has 0 saturated carbocycles. The van der Waals surface area contributed by atoms with Crippen LogP contribution in [-0.4, -0.2) is 161 Å². The molecule has 9 rings (SSSR count). The number of hydrogen-bond donors (Lipinski definition) is 16. The minimum Gasteiger partial charge on any atom is -0.504 e. The number of hydrogen-bond acceptors (Lipinski definition) is 26. The van der Waals surface area contributed by atoms with E-state index in [1.165, 1.54) is 0 Å². The number of aliphatic hydroxyl groups excluding tert-OH is 2. The van der Waals surface area contributed by atoms with Crippen LogP contribution in [0.5, 0.6) is 69.0 Å². The highest BCUT2D eigenvalue weighted by molar-refractivity contribution is 6.12. The Bertz CT molecular complexity index is 3040. The molecule has 8 atom stereocenters. The van der Waals surface area contributed by atoms with Gasteiger partial charge in [0.2, 0.25) is 23.0 Å². The van der Waals surface area contributed by atoms with E-state index in [1.807, 2.05) is 0 Å². The number of esters is 5. The van der Waals surface area contributed by atoms with Crippen LogP contribution >= 0.6 is 0 Å². The molecule has 0 amide bonds. The van der Waals surface area contributed by atoms with Crippen molar-refractivity contribution in [1.82, 2.24) is 0 Å². The fourth-order valence-electron chi connectivity index (χ4n) is 8.75. The molecule has 0 aromatic heterocycles. The van der Waals surface area contributed by atoms with Gasteiger partial charge in [-0.25, -0.2) is 24.0 Å². The number of rotatable bonds is 4. The first-order valence-electron chi connectivity index (χ1n) is 19.3. The molecule has 28 heteroatoms. The number of fused-ring (bicyclic) bond motifs is 5. The summed E-state index contributed by atoms with van der Waals surface area (Å²) < 4.78 is 27.6. The number of carbonyl (C=O) groups excluding carboxylic acids is 5. The van der Waals surface area contributed by atoms with Crippen LogP contribution in [-0.2, 0) is 38.1 Å². The molecule has 0 fully saturated rings. The Morgan fingerprint density at radius 3 is 1.48 bits per heavy atom. The molecule has 6 bridgehead atoms. The van der Waals surface area contributed by atoms with Crippen molar-refractivity contribution in [2.45, 2.75) is 49.0 Å². The molecule has 0 radical (unpaired) electrons. The smallest absolute Gasteiger partial charge is 0.339 e. The number of phenolic OH excluding ortho intramolecular Hbond substituents is 12. The van der Waals surface area contributed by atoms with Gasteiger partial charge in [0.25, 0.3) is 0 Å². The van der Waals surface area contributed by atoms with Crippen LogP contribution in [0.1, 0.15) is 71.0 Å². The standard InChI is InChI=1S/C41H30O28/c42-8-1-5-12(23(48)21(8)46)13-6(2-9(43)22(47)24(13)49)39(62)67-33-10(4-65-37(5)60)66-38(61)7(3-11(44)45)14(30(55)36(58)59)15-18-16(26(51)31(56)25(15)50)17-19-20(28(53)32(57)27(17)52)29(54)34(68-41(19)64)35(33)69-40(18)63/h1-2,7,10,14,29-30,33-35,42-43,46-57H,3-4H2,(H,44,45)(H,58,59). The van der Waals surface area contributed by atoms with E-state index in [9.17, 15) is 110 Å². The molecule has 69 heavy (non-hydrogen) atoms. The lowest BCUT2D eigenvalue weighted by Gasteiger charge is -2.40. The summed E-state index contributed by atoms with van der Waals surface area (Å²) >= 11 is 0. The third-order valence-corrected chi connectivity index (χ3v) is 11.8. The third-order valence-electron chi connectivity index (χ3n) is 11.8. The number of carboxylic acids is 2. The maximum absolute atomic E-state index is 15.0. The Morgan fingerprint density at radius 1 is 0.522 bits per heavy atom. The highest BCUT2D eigenvalue weighted by Gasteiger charge is 2.57. The fourth-order valence-corrected chi connectivity index (χ4v) is 8.75. The summed E-state index contributed by atoms with van der Waals surface area (Å²) in [7, 11) is 0. The van der Waals surface area contributed by atoms with Gasteiger partial charge in [-0.15, -0.1) is 0 Å². The Morgan fingerprint density at radius 2 is 0.971 bits per heavy atom. The zero-order valence-corrected chi connectivity index (χ0v) is 33.7. The summed E-state index contributed by atoms with van der Waals surface area (Å²) in [6.07, 6.45) is -18.9. The molecule has 5 aliphatic heterocycles. The van der Waals surface area contributed by atoms with Crippen LogP contribution in [0.4, 0.5) is 0 Å². The summed E-state index contributed by atoms with van der Waals surface area (Å²) in [5.41, 5.74) is -13.3. The van der Waals surface area contributed by atoms with E-state index < -0.39 is 228 Å². The fraction of sp³-hybridized carbons (Fsp3) is 0.244. The maximum atomic E-state index is 15.0. The Balaban J connectivity index is 1.54. The van der Waals surface area contributed by atoms with E-state index in [4.69, 9.17) is 23.7 Å². The number of benzene rings is 4. The van der Waals surface area contributed by atoms with Gasteiger partial charge in [-0.3, -0.25) is 9.59 Å². The first-order chi connectivity index (χ1) is 32.3. The molecular weight excluding hydrogens is 940 g/mol. The van der Waals surface area contributed by atoms with Crippen molar-refractivity contribution in [3.8, 4) is 91.2 Å². The van der Waals surface area contributed by atoms with Gasteiger partial charge >= 0.3 is 41.8 Å². The highest BCUT2D eigenvalue weighted by atomic mass is 16.6. The van der Waals surface area contributed by atoms with Crippen molar-refractivity contribution in [2.75, 3.05) is 6.61 Å². The van der Waals surface area contributed by atoms with E-state index in [0.29, 0.717) is 6.07 Å². The number of carbonyl (C=O) groups is 7. The number of aliphatic carboxylic acids is 2. The summed E-state index contributed by atoms with van der Waals surface area (Å²) in [5.74, 6) is -39.2. The number of aliphatic hydroxyl groups is 2. The molecule has 362 valence electrons. The maximum Gasteiger partial charge on any atom is 0.339 e. The van der Waals surface area contributed by atoms with Gasteiger partial charge in [-0.05, 0) is 12.1 Å². The zero-order valence-electron chi connectivity index (χ0n) is 33.7. The Kier molecular flexibility index (Phi) is 10.7. The predicted octanol–water partition coefficient (Wildman–Crippen LogP) is -0.459. The molecule has 8 unspecified atom stereocenters. The number of carboxylic acid groups (broad SMARTS) is 2. The van der Waals surface area contributed by atoms with E-state index in [-0.39, 0.29) is 6.07 Å². The second kappa shape index (κ2) is 15.9. The lowest BCUT2D eigenvalue weighted by atomic mass is 9.74. The number of phenols is 12. The van der Waals surface area contributed by atoms with Gasteiger partial charge in [0.1, 0.15) is 12.7 Å². The van der Waals surface area contributed by atoms with Gasteiger partial charge in [0, 0.05) is 39.3 Å². The third kappa shape index (κ3) is 6.71. The summed E-state index contributed by atoms with van der Waals surface area (Å²) in [4.78, 5) is 97.7. The van der Waals surface area contributed by atoms with Crippen molar-refractivity contribution in [3.63, 3.8) is 0 Å². The van der Waals surface area contributed by atoms with Crippen molar-refractivity contribution < 1.29 is 139 Å². The first kappa shape index (κ1) is 46.2. The Hall–Kier alpha value is -9.31. The van der Waals surface area contributed by atoms with Crippen molar-refractivity contribution in [3.05, 3.63) is 45.5 Å². The number of cyclic esters (lactones) is 1. The number of aromatic hydroxyl groups is 12. The van der Waals surface area contributed by atoms with E-state index >= 15 is 4.79 Å². The molecule has 28 nitrogen and oxygen atoms in total. The second-order valence-electron chi connectivity index (χ2n) is 15.6. The van der Waals surface area contributed by atoms with Gasteiger partial charge in [0.15, 0.2) is 76.5 Å². The van der Waals surface area contributed by atoms with E-state index in [1.54, 1.807) is 0 Å². The van der Waals surface area contributed by atoms with Crippen molar-refractivity contribution in [2.24, 2.45) is 5.92 Å². The van der Waals surface area contributed by atoms with Crippen LogP contribution in [0, 0.1) is 5.92 Å². The summed E-state index contributed by atoms with van der Waals surface area (Å²) in [6, 6.07) is 0.653. The highest BCUT2D eigenvalue weighted by Crippen LogP contribution is 2.60. The molecule has 16 N–H and O–H groups in total. The van der Waals surface area contributed by atoms with Crippen LogP contribution in [0.15, 0.2) is 12.1 Å². The van der Waals surface area contributed by atoms with Crippen molar-refractivity contribution >= 4 is 41.8 Å².